The molecule has 1 heterocycles. The molecular weight excluding hydrogens is 218 g/mol. The zero-order valence-electron chi connectivity index (χ0n) is 10.0. The summed E-state index contributed by atoms with van der Waals surface area (Å²) in [6.07, 6.45) is 9.08. The highest BCUT2D eigenvalue weighted by molar-refractivity contribution is 7.71. The molecule has 0 spiro atoms. The summed E-state index contributed by atoms with van der Waals surface area (Å²) in [6, 6.07) is 0. The average Bonchev–Trinajstić information content (AvgIpc) is 2.88. The number of aryl methyl sites for hydroxylation is 1. The maximum absolute atomic E-state index is 5.27. The first-order valence-electron chi connectivity index (χ1n) is 6.45. The van der Waals surface area contributed by atoms with Crippen LogP contribution in [0.3, 0.4) is 0 Å². The van der Waals surface area contributed by atoms with Gasteiger partial charge in [0.2, 0.25) is 0 Å². The summed E-state index contributed by atoms with van der Waals surface area (Å²) < 4.78 is 2.98. The molecule has 1 saturated carbocycles. The van der Waals surface area contributed by atoms with E-state index >= 15 is 0 Å². The van der Waals surface area contributed by atoms with Crippen LogP contribution in [0.15, 0.2) is 0 Å². The van der Waals surface area contributed by atoms with Gasteiger partial charge in [-0.15, -0.1) is 0 Å². The van der Waals surface area contributed by atoms with Crippen molar-refractivity contribution in [3.63, 3.8) is 0 Å². The highest BCUT2D eigenvalue weighted by atomic mass is 32.1. The van der Waals surface area contributed by atoms with Crippen LogP contribution in [-0.4, -0.2) is 14.8 Å². The van der Waals surface area contributed by atoms with Crippen LogP contribution in [0.25, 0.3) is 0 Å². The zero-order chi connectivity index (χ0) is 11.4. The van der Waals surface area contributed by atoms with Crippen LogP contribution in [0.2, 0.25) is 0 Å². The Morgan fingerprint density at radius 3 is 2.88 bits per heavy atom. The standard InChI is InChI=1S/C12H21N3S/c1-2-5-11-13-14-12(16)15(11)9-8-10-6-3-4-7-10/h10H,2-9H2,1H3,(H,14,16). The summed E-state index contributed by atoms with van der Waals surface area (Å²) in [6.45, 7) is 3.23. The molecule has 0 saturated heterocycles. The fourth-order valence-corrected chi connectivity index (χ4v) is 2.85. The maximum Gasteiger partial charge on any atom is 0.195 e. The topological polar surface area (TPSA) is 33.6 Å². The van der Waals surface area contributed by atoms with Gasteiger partial charge in [-0.25, -0.2) is 0 Å². The molecule has 4 heteroatoms. The summed E-state index contributed by atoms with van der Waals surface area (Å²) in [5.74, 6) is 2.05. The molecule has 1 N–H and O–H groups in total. The van der Waals surface area contributed by atoms with Crippen molar-refractivity contribution in [3.8, 4) is 0 Å². The van der Waals surface area contributed by atoms with Gasteiger partial charge in [0, 0.05) is 13.0 Å². The van der Waals surface area contributed by atoms with Gasteiger partial charge in [-0.05, 0) is 31.0 Å². The Hall–Kier alpha value is -0.640. The lowest BCUT2D eigenvalue weighted by molar-refractivity contribution is 0.449. The molecule has 1 fully saturated rings. The van der Waals surface area contributed by atoms with E-state index in [-0.39, 0.29) is 0 Å². The lowest BCUT2D eigenvalue weighted by atomic mass is 10.0. The van der Waals surface area contributed by atoms with Crippen LogP contribution in [0.4, 0.5) is 0 Å². The Morgan fingerprint density at radius 2 is 2.19 bits per heavy atom. The van der Waals surface area contributed by atoms with Crippen molar-refractivity contribution in [2.75, 3.05) is 0 Å². The molecule has 0 amide bonds. The predicted molar refractivity (Wildman–Crippen MR) is 68.0 cm³/mol. The number of rotatable bonds is 5. The van der Waals surface area contributed by atoms with Crippen molar-refractivity contribution in [1.29, 1.82) is 0 Å². The van der Waals surface area contributed by atoms with Crippen LogP contribution in [0.5, 0.6) is 0 Å². The number of aromatic nitrogens is 3. The van der Waals surface area contributed by atoms with E-state index in [1.165, 1.54) is 32.1 Å². The van der Waals surface area contributed by atoms with Crippen LogP contribution >= 0.6 is 12.2 Å². The van der Waals surface area contributed by atoms with Gasteiger partial charge in [-0.1, -0.05) is 32.6 Å². The van der Waals surface area contributed by atoms with E-state index < -0.39 is 0 Å². The molecule has 90 valence electrons. The van der Waals surface area contributed by atoms with Gasteiger partial charge in [0.1, 0.15) is 5.82 Å². The summed E-state index contributed by atoms with van der Waals surface area (Å²) >= 11 is 5.27. The van der Waals surface area contributed by atoms with Crippen LogP contribution in [0, 0.1) is 10.7 Å². The summed E-state index contributed by atoms with van der Waals surface area (Å²) in [7, 11) is 0. The largest absolute Gasteiger partial charge is 0.304 e. The van der Waals surface area contributed by atoms with E-state index in [0.29, 0.717) is 0 Å². The smallest absolute Gasteiger partial charge is 0.195 e. The molecule has 1 aliphatic carbocycles. The molecule has 1 aromatic rings. The Kier molecular flexibility index (Phi) is 4.16. The first kappa shape index (κ1) is 11.8. The summed E-state index contributed by atoms with van der Waals surface area (Å²) in [5, 5.41) is 7.21. The number of hydrogen-bond acceptors (Lipinski definition) is 2. The molecule has 1 aliphatic rings. The Morgan fingerprint density at radius 1 is 1.44 bits per heavy atom. The maximum atomic E-state index is 5.27. The number of hydrogen-bond donors (Lipinski definition) is 1. The molecule has 0 unspecified atom stereocenters. The van der Waals surface area contributed by atoms with E-state index in [1.54, 1.807) is 0 Å². The number of aromatic amines is 1. The fraction of sp³-hybridized carbons (Fsp3) is 0.833. The second-order valence-corrected chi connectivity index (χ2v) is 5.17. The normalized spacial score (nSPS) is 17.1. The molecule has 0 aliphatic heterocycles. The minimum absolute atomic E-state index is 0.793. The number of nitrogens with zero attached hydrogens (tertiary/aromatic N) is 2. The van der Waals surface area contributed by atoms with Crippen molar-refractivity contribution in [2.45, 2.75) is 58.4 Å². The van der Waals surface area contributed by atoms with Crippen molar-refractivity contribution < 1.29 is 0 Å². The molecule has 0 aromatic carbocycles. The molecule has 0 atom stereocenters. The van der Waals surface area contributed by atoms with Crippen molar-refractivity contribution in [3.05, 3.63) is 10.6 Å². The Labute approximate surface area is 102 Å². The third-order valence-electron chi connectivity index (χ3n) is 3.55. The van der Waals surface area contributed by atoms with Crippen LogP contribution < -0.4 is 0 Å². The first-order valence-corrected chi connectivity index (χ1v) is 6.86. The van der Waals surface area contributed by atoms with Crippen molar-refractivity contribution in [2.24, 2.45) is 5.92 Å². The second-order valence-electron chi connectivity index (χ2n) is 4.79. The van der Waals surface area contributed by atoms with Crippen LogP contribution in [0.1, 0.15) is 51.3 Å². The number of nitrogens with one attached hydrogen (secondary N) is 1. The van der Waals surface area contributed by atoms with Gasteiger partial charge in [0.25, 0.3) is 0 Å². The van der Waals surface area contributed by atoms with Gasteiger partial charge in [0.05, 0.1) is 0 Å². The Bertz CT molecular complexity index is 374. The second kappa shape index (κ2) is 5.62. The minimum atomic E-state index is 0.793. The van der Waals surface area contributed by atoms with Gasteiger partial charge >= 0.3 is 0 Å². The van der Waals surface area contributed by atoms with Gasteiger partial charge in [0.15, 0.2) is 4.77 Å². The van der Waals surface area contributed by atoms with E-state index in [2.05, 4.69) is 21.7 Å². The molecule has 1 aromatic heterocycles. The van der Waals surface area contributed by atoms with Crippen LogP contribution in [-0.2, 0) is 13.0 Å². The third kappa shape index (κ3) is 2.73. The quantitative estimate of drug-likeness (QED) is 0.798. The fourth-order valence-electron chi connectivity index (χ4n) is 2.61. The van der Waals surface area contributed by atoms with Crippen molar-refractivity contribution in [1.82, 2.24) is 14.8 Å². The van der Waals surface area contributed by atoms with E-state index in [9.17, 15) is 0 Å². The predicted octanol–water partition coefficient (Wildman–Crippen LogP) is 3.47. The molecule has 0 radical (unpaired) electrons. The highest BCUT2D eigenvalue weighted by Gasteiger charge is 2.15. The third-order valence-corrected chi connectivity index (χ3v) is 3.86. The summed E-state index contributed by atoms with van der Waals surface area (Å²) in [4.78, 5) is 0. The van der Waals surface area contributed by atoms with E-state index in [0.717, 1.165) is 35.9 Å². The van der Waals surface area contributed by atoms with Gasteiger partial charge in [-0.2, -0.15) is 5.10 Å². The SMILES string of the molecule is CCCc1n[nH]c(=S)n1CCC1CCCC1. The molecule has 3 nitrogen and oxygen atoms in total. The number of H-pyrrole nitrogens is 1. The van der Waals surface area contributed by atoms with E-state index in [1.807, 2.05) is 0 Å². The first-order chi connectivity index (χ1) is 7.81. The van der Waals surface area contributed by atoms with Crippen molar-refractivity contribution >= 4 is 12.2 Å². The van der Waals surface area contributed by atoms with Gasteiger partial charge < -0.3 is 4.57 Å². The lowest BCUT2D eigenvalue weighted by Gasteiger charge is -2.10. The highest BCUT2D eigenvalue weighted by Crippen LogP contribution is 2.28. The lowest BCUT2D eigenvalue weighted by Crippen LogP contribution is -2.07. The summed E-state index contributed by atoms with van der Waals surface area (Å²) in [5.41, 5.74) is 0. The van der Waals surface area contributed by atoms with E-state index in [4.69, 9.17) is 12.2 Å². The Balaban J connectivity index is 1.96. The van der Waals surface area contributed by atoms with Gasteiger partial charge in [-0.3, -0.25) is 5.10 Å². The monoisotopic (exact) mass is 239 g/mol. The zero-order valence-corrected chi connectivity index (χ0v) is 10.9. The average molecular weight is 239 g/mol. The minimum Gasteiger partial charge on any atom is -0.304 e. The molecule has 0 bridgehead atoms. The molecule has 2 rings (SSSR count). The molecule has 16 heavy (non-hydrogen) atoms. The molecular formula is C12H21N3S.